The molecule has 2 heterocycles. The van der Waals surface area contributed by atoms with E-state index in [1.807, 2.05) is 29.6 Å². The van der Waals surface area contributed by atoms with E-state index in [2.05, 4.69) is 10.2 Å². The maximum absolute atomic E-state index is 12.6. The summed E-state index contributed by atoms with van der Waals surface area (Å²) in [7, 11) is 4.84. The minimum absolute atomic E-state index is 0.00149. The maximum atomic E-state index is 12.6. The third-order valence-corrected chi connectivity index (χ3v) is 6.09. The minimum atomic E-state index is -0.203. The number of methoxy groups -OCH3 is 2. The number of benzene rings is 1. The van der Waals surface area contributed by atoms with Crippen molar-refractivity contribution in [3.8, 4) is 11.5 Å². The van der Waals surface area contributed by atoms with E-state index in [1.54, 1.807) is 27.3 Å². The third kappa shape index (κ3) is 5.96. The molecular weight excluding hydrogens is 418 g/mol. The molecule has 1 aliphatic rings. The largest absolute Gasteiger partial charge is 0.493 e. The zero-order valence-corrected chi connectivity index (χ0v) is 18.9. The van der Waals surface area contributed by atoms with Gasteiger partial charge in [-0.3, -0.25) is 14.5 Å². The Morgan fingerprint density at radius 1 is 1.19 bits per heavy atom. The normalized spacial score (nSPS) is 15.2. The summed E-state index contributed by atoms with van der Waals surface area (Å²) in [6, 6.07) is 9.33. The first kappa shape index (κ1) is 23.1. The third-order valence-electron chi connectivity index (χ3n) is 5.23. The Hall–Kier alpha value is -2.62. The van der Waals surface area contributed by atoms with Gasteiger partial charge in [0, 0.05) is 26.7 Å². The van der Waals surface area contributed by atoms with Crippen molar-refractivity contribution in [3.63, 3.8) is 0 Å². The van der Waals surface area contributed by atoms with Crippen molar-refractivity contribution in [2.45, 2.75) is 6.04 Å². The number of ether oxygens (including phenoxy) is 3. The molecule has 1 unspecified atom stereocenters. The molecule has 0 saturated carbocycles. The summed E-state index contributed by atoms with van der Waals surface area (Å²) in [6.07, 6.45) is 0. The second kappa shape index (κ2) is 11.1. The number of thiophene rings is 1. The fraction of sp³-hybridized carbons (Fsp3) is 0.455. The summed E-state index contributed by atoms with van der Waals surface area (Å²) in [6.45, 7) is 3.25. The first-order chi connectivity index (χ1) is 15.0. The molecule has 1 aromatic heterocycles. The van der Waals surface area contributed by atoms with Crippen LogP contribution in [0.3, 0.4) is 0 Å². The summed E-state index contributed by atoms with van der Waals surface area (Å²) in [5.74, 6) is 0.941. The van der Waals surface area contributed by atoms with Gasteiger partial charge in [0.25, 0.3) is 5.91 Å². The van der Waals surface area contributed by atoms with Crippen LogP contribution in [0.5, 0.6) is 11.5 Å². The molecule has 0 bridgehead atoms. The van der Waals surface area contributed by atoms with E-state index < -0.39 is 0 Å². The van der Waals surface area contributed by atoms with Crippen molar-refractivity contribution in [1.82, 2.24) is 15.1 Å². The highest BCUT2D eigenvalue weighted by Crippen LogP contribution is 2.32. The number of hydrogen-bond acceptors (Lipinski definition) is 7. The highest BCUT2D eigenvalue weighted by Gasteiger charge is 2.25. The number of rotatable bonds is 9. The molecule has 1 aromatic carbocycles. The summed E-state index contributed by atoms with van der Waals surface area (Å²) in [4.78, 5) is 29.3. The Morgan fingerprint density at radius 2 is 1.94 bits per heavy atom. The highest BCUT2D eigenvalue weighted by molar-refractivity contribution is 7.12. The average molecular weight is 448 g/mol. The lowest BCUT2D eigenvalue weighted by Gasteiger charge is -2.35. The van der Waals surface area contributed by atoms with Crippen molar-refractivity contribution in [2.24, 2.45) is 0 Å². The zero-order chi connectivity index (χ0) is 22.2. The molecule has 0 spiro atoms. The fourth-order valence-corrected chi connectivity index (χ4v) is 4.27. The van der Waals surface area contributed by atoms with Crippen molar-refractivity contribution in [1.29, 1.82) is 0 Å². The Bertz CT molecular complexity index is 868. The second-order valence-corrected chi connectivity index (χ2v) is 8.17. The number of nitrogens with one attached hydrogen (secondary N) is 1. The first-order valence-electron chi connectivity index (χ1n) is 10.1. The van der Waals surface area contributed by atoms with Gasteiger partial charge in [0.05, 0.1) is 44.9 Å². The van der Waals surface area contributed by atoms with E-state index in [4.69, 9.17) is 14.2 Å². The van der Waals surface area contributed by atoms with E-state index in [-0.39, 0.29) is 24.4 Å². The Morgan fingerprint density at radius 3 is 2.58 bits per heavy atom. The first-order valence-corrected chi connectivity index (χ1v) is 11.0. The number of hydrogen-bond donors (Lipinski definition) is 1. The zero-order valence-electron chi connectivity index (χ0n) is 18.1. The van der Waals surface area contributed by atoms with Crippen molar-refractivity contribution >= 4 is 23.2 Å². The standard InChI is InChI=1S/C22H29N3O5S/c1-24(22(27)20-5-4-12-31-20)15-21(26)23-14-17(25-8-10-30-11-9-25)16-6-7-18(28-2)19(13-16)29-3/h4-7,12-13,17H,8-11,14-15H2,1-3H3,(H,23,26). The molecule has 2 amide bonds. The van der Waals surface area contributed by atoms with Crippen LogP contribution in [0.15, 0.2) is 35.7 Å². The van der Waals surface area contributed by atoms with Crippen LogP contribution in [0.25, 0.3) is 0 Å². The minimum Gasteiger partial charge on any atom is -0.493 e. The van der Waals surface area contributed by atoms with Crippen molar-refractivity contribution < 1.29 is 23.8 Å². The highest BCUT2D eigenvalue weighted by atomic mass is 32.1. The van der Waals surface area contributed by atoms with Crippen LogP contribution in [-0.4, -0.2) is 82.3 Å². The van der Waals surface area contributed by atoms with Crippen LogP contribution in [-0.2, 0) is 9.53 Å². The Balaban J connectivity index is 1.67. The molecule has 1 aliphatic heterocycles. The maximum Gasteiger partial charge on any atom is 0.264 e. The van der Waals surface area contributed by atoms with Crippen LogP contribution >= 0.6 is 11.3 Å². The van der Waals surface area contributed by atoms with Gasteiger partial charge in [-0.1, -0.05) is 12.1 Å². The van der Waals surface area contributed by atoms with E-state index in [0.717, 1.165) is 18.7 Å². The number of carbonyl (C=O) groups excluding carboxylic acids is 2. The number of carbonyl (C=O) groups is 2. The predicted octanol–water partition coefficient (Wildman–Crippen LogP) is 2.03. The van der Waals surface area contributed by atoms with Gasteiger partial charge < -0.3 is 24.4 Å². The van der Waals surface area contributed by atoms with E-state index in [1.165, 1.54) is 16.2 Å². The van der Waals surface area contributed by atoms with Gasteiger partial charge in [0.1, 0.15) is 0 Å². The smallest absolute Gasteiger partial charge is 0.264 e. The molecule has 1 fully saturated rings. The Kier molecular flexibility index (Phi) is 8.27. The van der Waals surface area contributed by atoms with E-state index >= 15 is 0 Å². The topological polar surface area (TPSA) is 80.3 Å². The summed E-state index contributed by atoms with van der Waals surface area (Å²) in [5.41, 5.74) is 1.02. The number of morpholine rings is 1. The molecule has 0 aliphatic carbocycles. The molecule has 1 N–H and O–H groups in total. The molecule has 3 rings (SSSR count). The lowest BCUT2D eigenvalue weighted by molar-refractivity contribution is -0.121. The van der Waals surface area contributed by atoms with E-state index in [9.17, 15) is 9.59 Å². The number of nitrogens with zero attached hydrogens (tertiary/aromatic N) is 2. The molecule has 0 radical (unpaired) electrons. The van der Waals surface area contributed by atoms with E-state index in [0.29, 0.717) is 36.1 Å². The average Bonchev–Trinajstić information content (AvgIpc) is 3.34. The van der Waals surface area contributed by atoms with Gasteiger partial charge in [-0.25, -0.2) is 0 Å². The van der Waals surface area contributed by atoms with Crippen LogP contribution < -0.4 is 14.8 Å². The quantitative estimate of drug-likeness (QED) is 0.634. The molecule has 31 heavy (non-hydrogen) atoms. The van der Waals surface area contributed by atoms with Gasteiger partial charge in [-0.05, 0) is 29.1 Å². The SMILES string of the molecule is COc1ccc(C(CNC(=O)CN(C)C(=O)c2cccs2)N2CCOCC2)cc1OC. The van der Waals surface area contributed by atoms with Gasteiger partial charge in [-0.15, -0.1) is 11.3 Å². The van der Waals surface area contributed by atoms with Crippen molar-refractivity contribution in [2.75, 3.05) is 60.7 Å². The summed E-state index contributed by atoms with van der Waals surface area (Å²) in [5, 5.41) is 4.84. The molecular formula is C22H29N3O5S. The predicted molar refractivity (Wildman–Crippen MR) is 119 cm³/mol. The Labute approximate surface area is 186 Å². The van der Waals surface area contributed by atoms with Gasteiger partial charge in [0.15, 0.2) is 11.5 Å². The lowest BCUT2D eigenvalue weighted by Crippen LogP contribution is -2.45. The molecule has 168 valence electrons. The van der Waals surface area contributed by atoms with Crippen molar-refractivity contribution in [3.05, 3.63) is 46.2 Å². The van der Waals surface area contributed by atoms with Gasteiger partial charge in [-0.2, -0.15) is 0 Å². The summed E-state index contributed by atoms with van der Waals surface area (Å²) >= 11 is 1.36. The molecule has 1 saturated heterocycles. The lowest BCUT2D eigenvalue weighted by atomic mass is 10.0. The second-order valence-electron chi connectivity index (χ2n) is 7.22. The van der Waals surface area contributed by atoms with Crippen LogP contribution in [0.4, 0.5) is 0 Å². The van der Waals surface area contributed by atoms with Gasteiger partial charge >= 0.3 is 0 Å². The summed E-state index contributed by atoms with van der Waals surface area (Å²) < 4.78 is 16.3. The van der Waals surface area contributed by atoms with Gasteiger partial charge in [0.2, 0.25) is 5.91 Å². The van der Waals surface area contributed by atoms with Crippen LogP contribution in [0.1, 0.15) is 21.3 Å². The molecule has 1 atom stereocenters. The number of likely N-dealkylation sites (N-methyl/N-ethyl adjacent to an activating group) is 1. The van der Waals surface area contributed by atoms with Crippen LogP contribution in [0, 0.1) is 0 Å². The monoisotopic (exact) mass is 447 g/mol. The molecule has 2 aromatic rings. The number of amides is 2. The molecule has 9 heteroatoms. The van der Waals surface area contributed by atoms with Crippen LogP contribution in [0.2, 0.25) is 0 Å². The molecule has 8 nitrogen and oxygen atoms in total. The fourth-order valence-electron chi connectivity index (χ4n) is 3.55.